The van der Waals surface area contributed by atoms with Gasteiger partial charge in [-0.25, -0.2) is 4.98 Å². The highest BCUT2D eigenvalue weighted by Crippen LogP contribution is 2.32. The number of fused-ring (bicyclic) bond motifs is 1. The minimum atomic E-state index is -0.157. The number of nitriles is 1. The zero-order chi connectivity index (χ0) is 18.3. The maximum Gasteiger partial charge on any atom is 0.231 e. The normalized spacial score (nSPS) is 16.8. The second-order valence-electron chi connectivity index (χ2n) is 6.52. The van der Waals surface area contributed by atoms with E-state index in [-0.39, 0.29) is 11.8 Å². The summed E-state index contributed by atoms with van der Waals surface area (Å²) in [6.07, 6.45) is 4.80. The Morgan fingerprint density at radius 3 is 3.00 bits per heavy atom. The first kappa shape index (κ1) is 16.5. The van der Waals surface area contributed by atoms with Crippen LogP contribution in [-0.2, 0) is 11.8 Å². The molecule has 0 aliphatic carbocycles. The first-order valence-corrected chi connectivity index (χ1v) is 9.22. The number of hydrogen-bond donors (Lipinski definition) is 1. The summed E-state index contributed by atoms with van der Waals surface area (Å²) in [5.74, 6) is -0.222. The smallest absolute Gasteiger partial charge is 0.231 e. The summed E-state index contributed by atoms with van der Waals surface area (Å²) >= 11 is 1.46. The number of rotatable bonds is 3. The molecule has 1 atom stereocenters. The molecule has 8 heteroatoms. The zero-order valence-corrected chi connectivity index (χ0v) is 15.4. The lowest BCUT2D eigenvalue weighted by Gasteiger charge is -2.08. The molecule has 1 aliphatic rings. The van der Waals surface area contributed by atoms with Crippen molar-refractivity contribution in [1.29, 1.82) is 5.26 Å². The quantitative estimate of drug-likeness (QED) is 0.720. The number of anilines is 1. The second-order valence-corrected chi connectivity index (χ2v) is 7.55. The maximum absolute atomic E-state index is 12.4. The Hall–Kier alpha value is -2.92. The van der Waals surface area contributed by atoms with E-state index in [1.54, 1.807) is 9.58 Å². The molecule has 1 aromatic carbocycles. The highest BCUT2D eigenvalue weighted by atomic mass is 32.1. The van der Waals surface area contributed by atoms with E-state index in [1.165, 1.54) is 11.3 Å². The molecular formula is C18H18N6OS. The van der Waals surface area contributed by atoms with Crippen molar-refractivity contribution in [2.24, 2.45) is 13.0 Å². The molecule has 0 radical (unpaired) electrons. The molecule has 1 saturated heterocycles. The molecule has 132 valence electrons. The van der Waals surface area contributed by atoms with Gasteiger partial charge in [0, 0.05) is 31.9 Å². The van der Waals surface area contributed by atoms with Gasteiger partial charge in [-0.1, -0.05) is 17.4 Å². The van der Waals surface area contributed by atoms with Crippen molar-refractivity contribution in [3.63, 3.8) is 0 Å². The summed E-state index contributed by atoms with van der Waals surface area (Å²) in [6.45, 7) is 3.11. The number of likely N-dealkylation sites (tertiary alicyclic amines) is 1. The third-order valence-corrected chi connectivity index (χ3v) is 5.58. The van der Waals surface area contributed by atoms with Crippen LogP contribution in [0.2, 0.25) is 0 Å². The summed E-state index contributed by atoms with van der Waals surface area (Å²) < 4.78 is 2.82. The van der Waals surface area contributed by atoms with E-state index in [0.717, 1.165) is 27.0 Å². The van der Waals surface area contributed by atoms with Crippen molar-refractivity contribution in [2.45, 2.75) is 13.3 Å². The second kappa shape index (κ2) is 6.42. The molecule has 1 amide bonds. The van der Waals surface area contributed by atoms with Gasteiger partial charge in [-0.2, -0.15) is 10.4 Å². The molecule has 4 rings (SSSR count). The number of nitrogens with one attached hydrogen (secondary N) is 1. The van der Waals surface area contributed by atoms with Gasteiger partial charge in [0.05, 0.1) is 21.8 Å². The number of carbonyl (C=O) groups excluding carboxylic acids is 1. The van der Waals surface area contributed by atoms with E-state index in [4.69, 9.17) is 5.26 Å². The number of hydrogen-bond acceptors (Lipinski definition) is 6. The SMILES string of the molecule is Cc1nn(C)cc1-c1ccc2nc(NC(=O)C3CCN(C#N)C3)sc2c1. The van der Waals surface area contributed by atoms with Crippen molar-refractivity contribution in [1.82, 2.24) is 19.7 Å². The molecule has 1 aliphatic heterocycles. The molecular weight excluding hydrogens is 348 g/mol. The van der Waals surface area contributed by atoms with Gasteiger partial charge in [-0.15, -0.1) is 0 Å². The standard InChI is InChI=1S/C18H18N6OS/c1-11-14(9-23(2)22-11)12-3-4-15-16(7-12)26-18(20-15)21-17(25)13-5-6-24(8-13)10-19/h3-4,7,9,13H,5-6,8H2,1-2H3,(H,20,21,25). The van der Waals surface area contributed by atoms with Crippen LogP contribution >= 0.6 is 11.3 Å². The molecule has 3 aromatic rings. The summed E-state index contributed by atoms with van der Waals surface area (Å²) in [6, 6.07) is 6.08. The van der Waals surface area contributed by atoms with Crippen LogP contribution in [0.3, 0.4) is 0 Å². The molecule has 1 unspecified atom stereocenters. The van der Waals surface area contributed by atoms with Crippen molar-refractivity contribution in [3.8, 4) is 17.3 Å². The number of aryl methyl sites for hydroxylation is 2. The Labute approximate surface area is 154 Å². The predicted octanol–water partition coefficient (Wildman–Crippen LogP) is 2.75. The number of thiazole rings is 1. The Bertz CT molecular complexity index is 1030. The van der Waals surface area contributed by atoms with E-state index in [1.807, 2.05) is 32.3 Å². The van der Waals surface area contributed by atoms with E-state index < -0.39 is 0 Å². The van der Waals surface area contributed by atoms with E-state index in [9.17, 15) is 4.79 Å². The summed E-state index contributed by atoms with van der Waals surface area (Å²) in [5, 5.41) is 16.8. The van der Waals surface area contributed by atoms with Gasteiger partial charge in [-0.3, -0.25) is 9.48 Å². The van der Waals surface area contributed by atoms with Crippen LogP contribution in [0.1, 0.15) is 12.1 Å². The average molecular weight is 366 g/mol. The van der Waals surface area contributed by atoms with Crippen LogP contribution in [0.15, 0.2) is 24.4 Å². The molecule has 0 spiro atoms. The fraction of sp³-hybridized carbons (Fsp3) is 0.333. The summed E-state index contributed by atoms with van der Waals surface area (Å²) in [7, 11) is 1.91. The predicted molar refractivity (Wildman–Crippen MR) is 100 cm³/mol. The van der Waals surface area contributed by atoms with Crippen molar-refractivity contribution >= 4 is 32.6 Å². The average Bonchev–Trinajstić information content (AvgIpc) is 3.31. The van der Waals surface area contributed by atoms with Crippen LogP contribution in [0.4, 0.5) is 5.13 Å². The summed E-state index contributed by atoms with van der Waals surface area (Å²) in [4.78, 5) is 18.5. The number of benzene rings is 1. The Balaban J connectivity index is 1.55. The van der Waals surface area contributed by atoms with Gasteiger partial charge in [-0.05, 0) is 31.0 Å². The lowest BCUT2D eigenvalue weighted by Crippen LogP contribution is -2.25. The van der Waals surface area contributed by atoms with Crippen LogP contribution in [0.25, 0.3) is 21.3 Å². The largest absolute Gasteiger partial charge is 0.310 e. The van der Waals surface area contributed by atoms with Crippen LogP contribution in [0, 0.1) is 24.3 Å². The van der Waals surface area contributed by atoms with E-state index in [2.05, 4.69) is 27.7 Å². The highest BCUT2D eigenvalue weighted by Gasteiger charge is 2.28. The number of carbonyl (C=O) groups is 1. The van der Waals surface area contributed by atoms with Gasteiger partial charge >= 0.3 is 0 Å². The fourth-order valence-corrected chi connectivity index (χ4v) is 4.21. The lowest BCUT2D eigenvalue weighted by atomic mass is 10.1. The van der Waals surface area contributed by atoms with Crippen LogP contribution in [-0.4, -0.2) is 38.7 Å². The van der Waals surface area contributed by atoms with Gasteiger partial charge in [0.25, 0.3) is 0 Å². The number of aromatic nitrogens is 3. The van der Waals surface area contributed by atoms with Gasteiger partial charge in [0.1, 0.15) is 0 Å². The third-order valence-electron chi connectivity index (χ3n) is 4.64. The van der Waals surface area contributed by atoms with Crippen LogP contribution in [0.5, 0.6) is 0 Å². The first-order valence-electron chi connectivity index (χ1n) is 8.40. The topological polar surface area (TPSA) is 86.8 Å². The zero-order valence-electron chi connectivity index (χ0n) is 14.6. The lowest BCUT2D eigenvalue weighted by molar-refractivity contribution is -0.119. The van der Waals surface area contributed by atoms with Crippen molar-refractivity contribution in [3.05, 3.63) is 30.1 Å². The molecule has 7 nitrogen and oxygen atoms in total. The van der Waals surface area contributed by atoms with Gasteiger partial charge < -0.3 is 10.2 Å². The molecule has 1 N–H and O–H groups in total. The Kier molecular flexibility index (Phi) is 4.09. The Morgan fingerprint density at radius 2 is 2.31 bits per heavy atom. The van der Waals surface area contributed by atoms with E-state index >= 15 is 0 Å². The minimum absolute atomic E-state index is 0.0647. The fourth-order valence-electron chi connectivity index (χ4n) is 3.30. The van der Waals surface area contributed by atoms with Crippen molar-refractivity contribution < 1.29 is 4.79 Å². The minimum Gasteiger partial charge on any atom is -0.310 e. The van der Waals surface area contributed by atoms with Crippen LogP contribution < -0.4 is 5.32 Å². The molecule has 26 heavy (non-hydrogen) atoms. The molecule has 0 bridgehead atoms. The third kappa shape index (κ3) is 3.02. The first-order chi connectivity index (χ1) is 12.5. The highest BCUT2D eigenvalue weighted by molar-refractivity contribution is 7.22. The van der Waals surface area contributed by atoms with E-state index in [0.29, 0.717) is 24.6 Å². The molecule has 0 saturated carbocycles. The molecule has 3 heterocycles. The summed E-state index contributed by atoms with van der Waals surface area (Å²) in [5.41, 5.74) is 4.02. The van der Waals surface area contributed by atoms with Crippen molar-refractivity contribution in [2.75, 3.05) is 18.4 Å². The maximum atomic E-state index is 12.4. The van der Waals surface area contributed by atoms with Gasteiger partial charge in [0.2, 0.25) is 5.91 Å². The number of amides is 1. The van der Waals surface area contributed by atoms with Gasteiger partial charge in [0.15, 0.2) is 11.3 Å². The monoisotopic (exact) mass is 366 g/mol. The molecule has 1 fully saturated rings. The molecule has 2 aromatic heterocycles. The number of nitrogens with zero attached hydrogens (tertiary/aromatic N) is 5. The Morgan fingerprint density at radius 1 is 1.46 bits per heavy atom.